The van der Waals surface area contributed by atoms with Crippen LogP contribution in [0.25, 0.3) is 39.0 Å². The van der Waals surface area contributed by atoms with Crippen molar-refractivity contribution in [1.82, 2.24) is 29.0 Å². The molecule has 7 rings (SSSR count). The number of carbonyl (C=O) groups is 2. The van der Waals surface area contributed by atoms with Crippen LogP contribution in [0.2, 0.25) is 5.02 Å². The normalized spacial score (nSPS) is 17.5. The maximum absolute atomic E-state index is 14.8. The Labute approximate surface area is 280 Å². The van der Waals surface area contributed by atoms with Crippen molar-refractivity contribution >= 4 is 56.9 Å². The standard InChI is InChI=1S/C35H35ClN8O4/c1-8-24(45)42-15-23-33(46)40-28-30(43(23)14-19(42)6)20-13-21(36)27(25-17(4)9-10-22-31(25)41(7)35(48)38-22)39-32(20)44(34(28)47)29-18(5)11-12-37-26(29)16(2)3/h8-13,16,19,23H,1,14-15H2,2-7H3,(H,38,48)(H,40,46). The molecule has 2 N–H and O–H groups in total. The third-order valence-electron chi connectivity index (χ3n) is 9.54. The van der Waals surface area contributed by atoms with Gasteiger partial charge in [0.1, 0.15) is 17.4 Å². The lowest BCUT2D eigenvalue weighted by Gasteiger charge is -2.48. The van der Waals surface area contributed by atoms with Crippen LogP contribution in [0.5, 0.6) is 0 Å². The van der Waals surface area contributed by atoms with Gasteiger partial charge >= 0.3 is 5.69 Å². The summed E-state index contributed by atoms with van der Waals surface area (Å²) in [4.78, 5) is 70.2. The molecule has 2 amide bonds. The molecule has 1 aromatic carbocycles. The Bertz CT molecular complexity index is 2350. The molecule has 1 saturated heterocycles. The second-order valence-electron chi connectivity index (χ2n) is 12.9. The van der Waals surface area contributed by atoms with Crippen molar-refractivity contribution in [3.63, 3.8) is 0 Å². The largest absolute Gasteiger partial charge is 0.354 e. The maximum atomic E-state index is 14.8. The Morgan fingerprint density at radius 3 is 2.56 bits per heavy atom. The summed E-state index contributed by atoms with van der Waals surface area (Å²) < 4.78 is 3.05. The first kappa shape index (κ1) is 31.4. The first-order chi connectivity index (χ1) is 22.8. The number of nitrogens with one attached hydrogen (secondary N) is 2. The van der Waals surface area contributed by atoms with Gasteiger partial charge in [-0.05, 0) is 62.1 Å². The molecule has 0 aliphatic carbocycles. The van der Waals surface area contributed by atoms with Crippen LogP contribution >= 0.6 is 11.6 Å². The van der Waals surface area contributed by atoms with Crippen LogP contribution in [-0.4, -0.2) is 66.0 Å². The summed E-state index contributed by atoms with van der Waals surface area (Å²) >= 11 is 7.15. The predicted molar refractivity (Wildman–Crippen MR) is 187 cm³/mol. The number of imidazole rings is 1. The maximum Gasteiger partial charge on any atom is 0.326 e. The molecule has 0 saturated carbocycles. The van der Waals surface area contributed by atoms with Gasteiger partial charge in [0.25, 0.3) is 5.56 Å². The third-order valence-corrected chi connectivity index (χ3v) is 9.83. The summed E-state index contributed by atoms with van der Waals surface area (Å²) in [5.74, 6) is -0.713. The quantitative estimate of drug-likeness (QED) is 0.268. The summed E-state index contributed by atoms with van der Waals surface area (Å²) in [5.41, 5.74) is 5.37. The van der Waals surface area contributed by atoms with Crippen molar-refractivity contribution < 1.29 is 9.59 Å². The molecule has 5 aromatic rings. The number of carbonyl (C=O) groups excluding carboxylic acids is 2. The Kier molecular flexibility index (Phi) is 7.31. The average Bonchev–Trinajstić information content (AvgIpc) is 3.34. The number of halogens is 1. The zero-order valence-electron chi connectivity index (χ0n) is 27.5. The highest BCUT2D eigenvalue weighted by atomic mass is 35.5. The molecule has 2 atom stereocenters. The lowest BCUT2D eigenvalue weighted by atomic mass is 9.98. The number of anilines is 2. The van der Waals surface area contributed by atoms with Gasteiger partial charge in [0.05, 0.1) is 45.4 Å². The summed E-state index contributed by atoms with van der Waals surface area (Å²) in [6, 6.07) is 6.30. The molecule has 246 valence electrons. The van der Waals surface area contributed by atoms with Crippen molar-refractivity contribution in [3.8, 4) is 16.9 Å². The van der Waals surface area contributed by atoms with E-state index in [1.165, 1.54) is 15.2 Å². The summed E-state index contributed by atoms with van der Waals surface area (Å²) in [7, 11) is 1.68. The van der Waals surface area contributed by atoms with E-state index in [0.717, 1.165) is 11.1 Å². The number of H-pyrrole nitrogens is 1. The van der Waals surface area contributed by atoms with Gasteiger partial charge in [-0.1, -0.05) is 38.1 Å². The van der Waals surface area contributed by atoms with E-state index < -0.39 is 17.5 Å². The van der Waals surface area contributed by atoms with Gasteiger partial charge in [0.15, 0.2) is 0 Å². The number of hydrogen-bond acceptors (Lipinski definition) is 7. The van der Waals surface area contributed by atoms with E-state index in [-0.39, 0.29) is 42.3 Å². The molecule has 2 unspecified atom stereocenters. The second kappa shape index (κ2) is 11.2. The second-order valence-corrected chi connectivity index (χ2v) is 13.3. The van der Waals surface area contributed by atoms with Gasteiger partial charge < -0.3 is 20.1 Å². The molecule has 0 radical (unpaired) electrons. The number of nitrogens with zero attached hydrogens (tertiary/aromatic N) is 6. The minimum atomic E-state index is -0.758. The van der Waals surface area contributed by atoms with E-state index in [4.69, 9.17) is 16.6 Å². The van der Waals surface area contributed by atoms with E-state index in [0.29, 0.717) is 55.4 Å². The number of fused-ring (bicyclic) bond motifs is 6. The number of pyridine rings is 3. The number of benzene rings is 1. The first-order valence-corrected chi connectivity index (χ1v) is 16.2. The van der Waals surface area contributed by atoms with Gasteiger partial charge in [-0.15, -0.1) is 0 Å². The van der Waals surface area contributed by atoms with Gasteiger partial charge in [-0.2, -0.15) is 0 Å². The number of aryl methyl sites for hydroxylation is 3. The lowest BCUT2D eigenvalue weighted by molar-refractivity contribution is -0.130. The van der Waals surface area contributed by atoms with Crippen molar-refractivity contribution in [2.24, 2.45) is 7.05 Å². The number of piperazine rings is 1. The molecular weight excluding hydrogens is 632 g/mol. The molecule has 13 heteroatoms. The van der Waals surface area contributed by atoms with Crippen molar-refractivity contribution in [1.29, 1.82) is 0 Å². The smallest absolute Gasteiger partial charge is 0.326 e. The summed E-state index contributed by atoms with van der Waals surface area (Å²) in [6.45, 7) is 13.7. The zero-order chi connectivity index (χ0) is 34.3. The van der Waals surface area contributed by atoms with Crippen LogP contribution < -0.4 is 21.5 Å². The molecule has 4 aromatic heterocycles. The molecule has 0 spiro atoms. The molecule has 12 nitrogen and oxygen atoms in total. The van der Waals surface area contributed by atoms with Crippen LogP contribution in [0.4, 0.5) is 11.4 Å². The van der Waals surface area contributed by atoms with E-state index >= 15 is 0 Å². The molecular formula is C35H35ClN8O4. The van der Waals surface area contributed by atoms with E-state index in [9.17, 15) is 19.2 Å². The zero-order valence-corrected chi connectivity index (χ0v) is 28.3. The Morgan fingerprint density at radius 2 is 1.85 bits per heavy atom. The Hall–Kier alpha value is -5.23. The fraction of sp³-hybridized carbons (Fsp3) is 0.314. The number of amides is 2. The minimum absolute atomic E-state index is 0.0506. The lowest BCUT2D eigenvalue weighted by Crippen LogP contribution is -2.64. The van der Waals surface area contributed by atoms with Gasteiger partial charge in [-0.25, -0.2) is 9.78 Å². The summed E-state index contributed by atoms with van der Waals surface area (Å²) in [5, 5.41) is 3.73. The topological polar surface area (TPSA) is 138 Å². The fourth-order valence-electron chi connectivity index (χ4n) is 7.17. The van der Waals surface area contributed by atoms with Crippen molar-refractivity contribution in [2.75, 3.05) is 23.3 Å². The first-order valence-electron chi connectivity index (χ1n) is 15.8. The van der Waals surface area contributed by atoms with Gasteiger partial charge in [0.2, 0.25) is 11.8 Å². The van der Waals surface area contributed by atoms with Crippen LogP contribution in [0.1, 0.15) is 43.5 Å². The highest BCUT2D eigenvalue weighted by Crippen LogP contribution is 2.43. The highest BCUT2D eigenvalue weighted by molar-refractivity contribution is 6.34. The number of hydrogen-bond donors (Lipinski definition) is 2. The van der Waals surface area contributed by atoms with E-state index in [1.807, 2.05) is 57.7 Å². The van der Waals surface area contributed by atoms with E-state index in [2.05, 4.69) is 21.9 Å². The average molecular weight is 667 g/mol. The molecule has 48 heavy (non-hydrogen) atoms. The summed E-state index contributed by atoms with van der Waals surface area (Å²) in [6.07, 6.45) is 2.95. The number of rotatable bonds is 4. The number of aromatic amines is 1. The molecule has 2 aliphatic heterocycles. The van der Waals surface area contributed by atoms with Crippen molar-refractivity contribution in [2.45, 2.75) is 52.6 Å². The Morgan fingerprint density at radius 1 is 1.10 bits per heavy atom. The van der Waals surface area contributed by atoms with Crippen LogP contribution in [0, 0.1) is 13.8 Å². The highest BCUT2D eigenvalue weighted by Gasteiger charge is 2.44. The minimum Gasteiger partial charge on any atom is -0.354 e. The van der Waals surface area contributed by atoms with Crippen LogP contribution in [0.3, 0.4) is 0 Å². The number of aromatic nitrogens is 5. The fourth-order valence-corrected chi connectivity index (χ4v) is 7.41. The van der Waals surface area contributed by atoms with Gasteiger partial charge in [0, 0.05) is 36.8 Å². The Balaban J connectivity index is 1.61. The SMILES string of the molecule is C=CC(=O)N1CC2C(=O)Nc3c(c4cc(Cl)c(-c5c(C)ccc6[nH]c(=O)n(C)c56)nc4n(-c4c(C)ccnc4C(C)C)c3=O)N2CC1C. The van der Waals surface area contributed by atoms with Crippen molar-refractivity contribution in [3.05, 3.63) is 85.8 Å². The van der Waals surface area contributed by atoms with Crippen LogP contribution in [0.15, 0.2) is 52.7 Å². The molecule has 6 heterocycles. The third kappa shape index (κ3) is 4.50. The van der Waals surface area contributed by atoms with E-state index in [1.54, 1.807) is 24.2 Å². The molecule has 2 aliphatic rings. The van der Waals surface area contributed by atoms with Crippen LogP contribution in [-0.2, 0) is 16.6 Å². The monoisotopic (exact) mass is 666 g/mol. The predicted octanol–water partition coefficient (Wildman–Crippen LogP) is 4.57. The molecule has 0 bridgehead atoms. The molecule has 1 fully saturated rings. The van der Waals surface area contributed by atoms with Gasteiger partial charge in [-0.3, -0.25) is 28.5 Å².